The van der Waals surface area contributed by atoms with Crippen LogP contribution in [-0.4, -0.2) is 60.9 Å². The van der Waals surface area contributed by atoms with Crippen LogP contribution in [-0.2, 0) is 9.59 Å². The number of carbonyl (C=O) groups excluding carboxylic acids is 2. The molecule has 2 rings (SSSR count). The van der Waals surface area contributed by atoms with Gasteiger partial charge in [-0.15, -0.1) is 12.4 Å². The van der Waals surface area contributed by atoms with Crippen LogP contribution in [0.25, 0.3) is 0 Å². The lowest BCUT2D eigenvalue weighted by molar-refractivity contribution is -0.144. The molecule has 1 N–H and O–H groups in total. The van der Waals surface area contributed by atoms with E-state index >= 15 is 0 Å². The first-order chi connectivity index (χ1) is 9.09. The first-order valence-corrected chi connectivity index (χ1v) is 7.38. The number of hydrogen-bond donors (Lipinski definition) is 1. The number of amides is 2. The summed E-state index contributed by atoms with van der Waals surface area (Å²) in [7, 11) is 0. The average Bonchev–Trinajstić information content (AvgIpc) is 2.46. The molecule has 2 aliphatic heterocycles. The molecule has 6 heteroatoms. The standard InChI is InChI=1S/C14H25N3O2.ClH/c1-11(2)13(18)16-7-9-17(10-8-16)14(19)12-3-5-15-6-4-12;/h11-12,15H,3-10H2,1-2H3;1H. The molecule has 5 nitrogen and oxygen atoms in total. The summed E-state index contributed by atoms with van der Waals surface area (Å²) in [5, 5.41) is 3.28. The molecular formula is C14H26ClN3O2. The Kier molecular flexibility index (Phi) is 6.76. The van der Waals surface area contributed by atoms with Gasteiger partial charge in [-0.25, -0.2) is 0 Å². The van der Waals surface area contributed by atoms with Crippen molar-refractivity contribution in [3.63, 3.8) is 0 Å². The predicted molar refractivity (Wildman–Crippen MR) is 80.8 cm³/mol. The fraction of sp³-hybridized carbons (Fsp3) is 0.857. The summed E-state index contributed by atoms with van der Waals surface area (Å²) in [6.07, 6.45) is 1.90. The highest BCUT2D eigenvalue weighted by Crippen LogP contribution is 2.17. The van der Waals surface area contributed by atoms with Crippen LogP contribution in [0.4, 0.5) is 0 Å². The number of rotatable bonds is 2. The quantitative estimate of drug-likeness (QED) is 0.818. The summed E-state index contributed by atoms with van der Waals surface area (Å²) in [5.41, 5.74) is 0. The molecule has 0 aromatic rings. The lowest BCUT2D eigenvalue weighted by Gasteiger charge is -2.37. The van der Waals surface area contributed by atoms with E-state index in [1.807, 2.05) is 23.6 Å². The lowest BCUT2D eigenvalue weighted by atomic mass is 9.96. The molecule has 0 unspecified atom stereocenters. The molecule has 0 atom stereocenters. The third kappa shape index (κ3) is 4.09. The summed E-state index contributed by atoms with van der Waals surface area (Å²) in [6, 6.07) is 0. The fourth-order valence-electron chi connectivity index (χ4n) is 2.84. The Morgan fingerprint density at radius 2 is 1.50 bits per heavy atom. The molecule has 0 aromatic heterocycles. The van der Waals surface area contributed by atoms with E-state index in [1.54, 1.807) is 0 Å². The molecule has 2 saturated heterocycles. The van der Waals surface area contributed by atoms with Crippen LogP contribution >= 0.6 is 12.4 Å². The van der Waals surface area contributed by atoms with Crippen molar-refractivity contribution in [2.24, 2.45) is 11.8 Å². The van der Waals surface area contributed by atoms with Crippen molar-refractivity contribution >= 4 is 24.2 Å². The van der Waals surface area contributed by atoms with Crippen molar-refractivity contribution in [3.8, 4) is 0 Å². The molecule has 0 aromatic carbocycles. The van der Waals surface area contributed by atoms with Crippen molar-refractivity contribution in [3.05, 3.63) is 0 Å². The van der Waals surface area contributed by atoms with Gasteiger partial charge in [0, 0.05) is 38.0 Å². The van der Waals surface area contributed by atoms with E-state index in [1.165, 1.54) is 0 Å². The third-order valence-corrected chi connectivity index (χ3v) is 4.09. The molecule has 2 heterocycles. The molecule has 0 saturated carbocycles. The molecule has 2 aliphatic rings. The van der Waals surface area contributed by atoms with Gasteiger partial charge in [0.2, 0.25) is 11.8 Å². The van der Waals surface area contributed by atoms with Crippen LogP contribution in [0.2, 0.25) is 0 Å². The Morgan fingerprint density at radius 3 is 2.00 bits per heavy atom. The number of piperazine rings is 1. The molecule has 116 valence electrons. The van der Waals surface area contributed by atoms with Crippen LogP contribution in [0.15, 0.2) is 0 Å². The van der Waals surface area contributed by atoms with E-state index in [4.69, 9.17) is 0 Å². The summed E-state index contributed by atoms with van der Waals surface area (Å²) >= 11 is 0. The minimum Gasteiger partial charge on any atom is -0.339 e. The molecule has 2 fully saturated rings. The maximum atomic E-state index is 12.4. The molecule has 2 amide bonds. The van der Waals surface area contributed by atoms with Gasteiger partial charge in [0.1, 0.15) is 0 Å². The van der Waals surface area contributed by atoms with E-state index in [0.717, 1.165) is 25.9 Å². The van der Waals surface area contributed by atoms with E-state index in [2.05, 4.69) is 5.32 Å². The van der Waals surface area contributed by atoms with Crippen LogP contribution < -0.4 is 5.32 Å². The van der Waals surface area contributed by atoms with E-state index < -0.39 is 0 Å². The highest BCUT2D eigenvalue weighted by molar-refractivity contribution is 5.85. The smallest absolute Gasteiger partial charge is 0.225 e. The minimum absolute atomic E-state index is 0. The summed E-state index contributed by atoms with van der Waals surface area (Å²) in [5.74, 6) is 0.729. The SMILES string of the molecule is CC(C)C(=O)N1CCN(C(=O)C2CCNCC2)CC1.Cl. The maximum absolute atomic E-state index is 12.4. The van der Waals surface area contributed by atoms with Gasteiger partial charge in [-0.05, 0) is 25.9 Å². The Morgan fingerprint density at radius 1 is 1.00 bits per heavy atom. The van der Waals surface area contributed by atoms with Gasteiger partial charge in [0.15, 0.2) is 0 Å². The van der Waals surface area contributed by atoms with Gasteiger partial charge < -0.3 is 15.1 Å². The molecule has 0 bridgehead atoms. The third-order valence-electron chi connectivity index (χ3n) is 4.09. The van der Waals surface area contributed by atoms with Crippen LogP contribution in [0.1, 0.15) is 26.7 Å². The highest BCUT2D eigenvalue weighted by Gasteiger charge is 2.29. The number of halogens is 1. The van der Waals surface area contributed by atoms with Crippen molar-refractivity contribution in [2.45, 2.75) is 26.7 Å². The Hall–Kier alpha value is -0.810. The first kappa shape index (κ1) is 17.2. The van der Waals surface area contributed by atoms with Gasteiger partial charge in [-0.1, -0.05) is 13.8 Å². The van der Waals surface area contributed by atoms with Crippen molar-refractivity contribution in [1.82, 2.24) is 15.1 Å². The Labute approximate surface area is 127 Å². The predicted octanol–water partition coefficient (Wildman–Crippen LogP) is 0.735. The second kappa shape index (κ2) is 7.84. The van der Waals surface area contributed by atoms with E-state index in [0.29, 0.717) is 26.2 Å². The molecular weight excluding hydrogens is 278 g/mol. The summed E-state index contributed by atoms with van der Waals surface area (Å²) in [6.45, 7) is 8.51. The molecule has 0 spiro atoms. The van der Waals surface area contributed by atoms with Crippen molar-refractivity contribution in [1.29, 1.82) is 0 Å². The minimum atomic E-state index is 0. The topological polar surface area (TPSA) is 52.7 Å². The number of piperidine rings is 1. The number of nitrogens with zero attached hydrogens (tertiary/aromatic N) is 2. The van der Waals surface area contributed by atoms with E-state index in [9.17, 15) is 9.59 Å². The highest BCUT2D eigenvalue weighted by atomic mass is 35.5. The van der Waals surface area contributed by atoms with Crippen molar-refractivity contribution in [2.75, 3.05) is 39.3 Å². The van der Waals surface area contributed by atoms with Crippen LogP contribution in [0, 0.1) is 11.8 Å². The van der Waals surface area contributed by atoms with Gasteiger partial charge in [0.25, 0.3) is 0 Å². The average molecular weight is 304 g/mol. The van der Waals surface area contributed by atoms with E-state index in [-0.39, 0.29) is 36.1 Å². The summed E-state index contributed by atoms with van der Waals surface area (Å²) < 4.78 is 0. The Bertz CT molecular complexity index is 335. The van der Waals surface area contributed by atoms with Gasteiger partial charge >= 0.3 is 0 Å². The van der Waals surface area contributed by atoms with Gasteiger partial charge in [-0.3, -0.25) is 9.59 Å². The fourth-order valence-corrected chi connectivity index (χ4v) is 2.84. The first-order valence-electron chi connectivity index (χ1n) is 7.38. The molecule has 0 aliphatic carbocycles. The zero-order valence-electron chi connectivity index (χ0n) is 12.4. The van der Waals surface area contributed by atoms with Crippen molar-refractivity contribution < 1.29 is 9.59 Å². The normalized spacial score (nSPS) is 20.8. The van der Waals surface area contributed by atoms with Crippen LogP contribution in [0.5, 0.6) is 0 Å². The number of carbonyl (C=O) groups is 2. The monoisotopic (exact) mass is 303 g/mol. The second-order valence-corrected chi connectivity index (χ2v) is 5.83. The molecule has 20 heavy (non-hydrogen) atoms. The zero-order valence-corrected chi connectivity index (χ0v) is 13.2. The second-order valence-electron chi connectivity index (χ2n) is 5.83. The molecule has 0 radical (unpaired) electrons. The number of nitrogens with one attached hydrogen (secondary N) is 1. The summed E-state index contributed by atoms with van der Waals surface area (Å²) in [4.78, 5) is 28.1. The Balaban J connectivity index is 0.00000200. The maximum Gasteiger partial charge on any atom is 0.225 e. The van der Waals surface area contributed by atoms with Gasteiger partial charge in [0.05, 0.1) is 0 Å². The lowest BCUT2D eigenvalue weighted by Crippen LogP contribution is -2.53. The van der Waals surface area contributed by atoms with Gasteiger partial charge in [-0.2, -0.15) is 0 Å². The largest absolute Gasteiger partial charge is 0.339 e. The van der Waals surface area contributed by atoms with Crippen LogP contribution in [0.3, 0.4) is 0 Å². The zero-order chi connectivity index (χ0) is 13.8. The number of hydrogen-bond acceptors (Lipinski definition) is 3.